The number of ether oxygens (including phenoxy) is 1. The van der Waals surface area contributed by atoms with Crippen molar-refractivity contribution in [3.63, 3.8) is 0 Å². The van der Waals surface area contributed by atoms with Gasteiger partial charge in [0.2, 0.25) is 0 Å². The van der Waals surface area contributed by atoms with Crippen LogP contribution < -0.4 is 10.3 Å². The Morgan fingerprint density at radius 2 is 1.97 bits per heavy atom. The van der Waals surface area contributed by atoms with E-state index in [0.29, 0.717) is 12.2 Å². The van der Waals surface area contributed by atoms with Gasteiger partial charge in [0.05, 0.1) is 24.9 Å². The first kappa shape index (κ1) is 24.0. The third-order valence-corrected chi connectivity index (χ3v) is 6.51. The lowest BCUT2D eigenvalue weighted by Crippen LogP contribution is -2.32. The number of hydrogen-bond donors (Lipinski definition) is 0. The summed E-state index contributed by atoms with van der Waals surface area (Å²) in [7, 11) is 3.03. The van der Waals surface area contributed by atoms with Crippen molar-refractivity contribution < 1.29 is 22.7 Å². The summed E-state index contributed by atoms with van der Waals surface area (Å²) in [6.45, 7) is 0.915. The molecule has 1 aliphatic rings. The Morgan fingerprint density at radius 3 is 2.68 bits per heavy atom. The summed E-state index contributed by atoms with van der Waals surface area (Å²) < 4.78 is 48.9. The van der Waals surface area contributed by atoms with Crippen LogP contribution in [0.25, 0.3) is 0 Å². The molecule has 3 aromatic rings. The second-order valence-corrected chi connectivity index (χ2v) is 8.73. The lowest BCUT2D eigenvalue weighted by atomic mass is 10.1. The van der Waals surface area contributed by atoms with Gasteiger partial charge in [-0.3, -0.25) is 14.5 Å². The Hall–Kier alpha value is -3.18. The van der Waals surface area contributed by atoms with Gasteiger partial charge in [-0.15, -0.1) is 11.3 Å². The van der Waals surface area contributed by atoms with Gasteiger partial charge < -0.3 is 14.2 Å². The molecule has 0 N–H and O–H groups in total. The number of rotatable bonds is 6. The van der Waals surface area contributed by atoms with Gasteiger partial charge in [-0.05, 0) is 12.1 Å². The second-order valence-electron chi connectivity index (χ2n) is 8.01. The normalized spacial score (nSPS) is 13.9. The third-order valence-electron chi connectivity index (χ3n) is 5.87. The molecule has 180 valence electrons. The summed E-state index contributed by atoms with van der Waals surface area (Å²) in [5, 5.41) is 1.85. The molecule has 0 aliphatic carbocycles. The number of methoxy groups -OCH3 is 1. The summed E-state index contributed by atoms with van der Waals surface area (Å²) in [5.74, 6) is -3.34. The zero-order chi connectivity index (χ0) is 24.4. The fourth-order valence-electron chi connectivity index (χ4n) is 4.10. The van der Waals surface area contributed by atoms with Crippen molar-refractivity contribution in [1.82, 2.24) is 19.4 Å². The number of nitrogens with zero attached hydrogens (tertiary/aromatic N) is 4. The SMILES string of the molecule is COc1cc(=O)n2c(c1C(=O)N(C)Cc1cscn1)CCN(Cc1c(F)ccc(F)c1F)CC2. The van der Waals surface area contributed by atoms with E-state index >= 15 is 0 Å². The van der Waals surface area contributed by atoms with Gasteiger partial charge in [-0.25, -0.2) is 18.2 Å². The minimum Gasteiger partial charge on any atom is -0.496 e. The van der Waals surface area contributed by atoms with Crippen molar-refractivity contribution in [1.29, 1.82) is 0 Å². The molecule has 0 radical (unpaired) electrons. The zero-order valence-electron chi connectivity index (χ0n) is 18.7. The quantitative estimate of drug-likeness (QED) is 0.495. The van der Waals surface area contributed by atoms with Gasteiger partial charge in [-0.2, -0.15) is 0 Å². The largest absolute Gasteiger partial charge is 0.496 e. The van der Waals surface area contributed by atoms with Gasteiger partial charge in [0.1, 0.15) is 17.1 Å². The van der Waals surface area contributed by atoms with Crippen LogP contribution in [-0.2, 0) is 26.1 Å². The maximum Gasteiger partial charge on any atom is 0.259 e. The molecule has 1 amide bonds. The number of thiazole rings is 1. The lowest BCUT2D eigenvalue weighted by Gasteiger charge is -2.22. The highest BCUT2D eigenvalue weighted by atomic mass is 32.1. The van der Waals surface area contributed by atoms with Crippen molar-refractivity contribution in [2.45, 2.75) is 26.1 Å². The van der Waals surface area contributed by atoms with Crippen LogP contribution in [0.15, 0.2) is 33.9 Å². The first-order valence-electron chi connectivity index (χ1n) is 10.6. The number of amides is 1. The smallest absolute Gasteiger partial charge is 0.259 e. The number of halogens is 3. The predicted octanol–water partition coefficient (Wildman–Crippen LogP) is 3.06. The summed E-state index contributed by atoms with van der Waals surface area (Å²) >= 11 is 1.43. The molecule has 3 heterocycles. The Kier molecular flexibility index (Phi) is 7.03. The number of benzene rings is 1. The Bertz CT molecular complexity index is 1260. The fraction of sp³-hybridized carbons (Fsp3) is 0.348. The van der Waals surface area contributed by atoms with E-state index in [9.17, 15) is 22.8 Å². The Balaban J connectivity index is 1.63. The minimum atomic E-state index is -1.22. The number of carbonyl (C=O) groups is 1. The van der Waals surface area contributed by atoms with Crippen LogP contribution in [0, 0.1) is 17.5 Å². The average Bonchev–Trinajstić information content (AvgIpc) is 3.24. The molecule has 0 saturated heterocycles. The third kappa shape index (κ3) is 4.71. The highest BCUT2D eigenvalue weighted by Crippen LogP contribution is 2.26. The number of hydrogen-bond acceptors (Lipinski definition) is 6. The maximum absolute atomic E-state index is 14.2. The summed E-state index contributed by atoms with van der Waals surface area (Å²) in [6, 6.07) is 2.91. The summed E-state index contributed by atoms with van der Waals surface area (Å²) in [4.78, 5) is 33.6. The Morgan fingerprint density at radius 1 is 1.21 bits per heavy atom. The highest BCUT2D eigenvalue weighted by Gasteiger charge is 2.28. The van der Waals surface area contributed by atoms with Crippen molar-refractivity contribution >= 4 is 17.2 Å². The topological polar surface area (TPSA) is 67.7 Å². The molecule has 0 atom stereocenters. The molecular weight excluding hydrogens is 469 g/mol. The van der Waals surface area contributed by atoms with E-state index in [2.05, 4.69) is 4.98 Å². The van der Waals surface area contributed by atoms with E-state index in [-0.39, 0.29) is 60.9 Å². The highest BCUT2D eigenvalue weighted by molar-refractivity contribution is 7.07. The molecule has 0 saturated carbocycles. The van der Waals surface area contributed by atoms with Gasteiger partial charge in [0.15, 0.2) is 11.6 Å². The second kappa shape index (κ2) is 9.98. The molecular formula is C23H23F3N4O3S. The van der Waals surface area contributed by atoms with Gasteiger partial charge >= 0.3 is 0 Å². The van der Waals surface area contributed by atoms with Crippen molar-refractivity contribution in [2.24, 2.45) is 0 Å². The van der Waals surface area contributed by atoms with Crippen molar-refractivity contribution in [2.75, 3.05) is 27.2 Å². The number of carbonyl (C=O) groups excluding carboxylic acids is 1. The molecule has 2 aromatic heterocycles. The van der Waals surface area contributed by atoms with Crippen LogP contribution >= 0.6 is 11.3 Å². The van der Waals surface area contributed by atoms with Gasteiger partial charge in [-0.1, -0.05) is 0 Å². The van der Waals surface area contributed by atoms with E-state index in [1.165, 1.54) is 34.0 Å². The molecule has 1 aromatic carbocycles. The first-order valence-corrected chi connectivity index (χ1v) is 11.5. The molecule has 34 heavy (non-hydrogen) atoms. The van der Waals surface area contributed by atoms with Crippen LogP contribution in [0.5, 0.6) is 5.75 Å². The molecule has 0 spiro atoms. The van der Waals surface area contributed by atoms with Gasteiger partial charge in [0, 0.05) is 62.4 Å². The molecule has 4 rings (SSSR count). The monoisotopic (exact) mass is 492 g/mol. The lowest BCUT2D eigenvalue weighted by molar-refractivity contribution is 0.0777. The maximum atomic E-state index is 14.2. The Labute approximate surface area is 198 Å². The summed E-state index contributed by atoms with van der Waals surface area (Å²) in [6.07, 6.45) is 0.261. The summed E-state index contributed by atoms with van der Waals surface area (Å²) in [5.41, 5.74) is 2.48. The molecule has 0 unspecified atom stereocenters. The predicted molar refractivity (Wildman–Crippen MR) is 120 cm³/mol. The van der Waals surface area contributed by atoms with Crippen LogP contribution in [0.4, 0.5) is 13.2 Å². The zero-order valence-corrected chi connectivity index (χ0v) is 19.5. The molecule has 0 fully saturated rings. The van der Waals surface area contributed by atoms with E-state index in [4.69, 9.17) is 4.74 Å². The molecule has 7 nitrogen and oxygen atoms in total. The first-order chi connectivity index (χ1) is 16.3. The van der Waals surface area contributed by atoms with E-state index in [1.807, 2.05) is 5.38 Å². The fourth-order valence-corrected chi connectivity index (χ4v) is 4.65. The molecule has 1 aliphatic heterocycles. The van der Waals surface area contributed by atoms with Crippen LogP contribution in [0.3, 0.4) is 0 Å². The molecule has 0 bridgehead atoms. The van der Waals surface area contributed by atoms with Crippen molar-refractivity contribution in [3.8, 4) is 5.75 Å². The number of aromatic nitrogens is 2. The number of fused-ring (bicyclic) bond motifs is 1. The van der Waals surface area contributed by atoms with Crippen LogP contribution in [0.2, 0.25) is 0 Å². The standard InChI is InChI=1S/C23H23F3N4O3S/c1-28(10-14-12-34-13-27-14)23(32)21-18-5-6-29(7-8-30(18)20(31)9-19(21)33-2)11-15-16(24)3-4-17(25)22(15)26/h3-4,9,12-13H,5-8,10-11H2,1-2H3. The van der Waals surface area contributed by atoms with Crippen LogP contribution in [-0.4, -0.2) is 52.5 Å². The van der Waals surface area contributed by atoms with E-state index in [0.717, 1.165) is 17.8 Å². The molecule has 11 heteroatoms. The van der Waals surface area contributed by atoms with E-state index < -0.39 is 17.5 Å². The van der Waals surface area contributed by atoms with E-state index in [1.54, 1.807) is 17.5 Å². The number of pyridine rings is 1. The average molecular weight is 493 g/mol. The van der Waals surface area contributed by atoms with Crippen molar-refractivity contribution in [3.05, 3.63) is 79.4 Å². The minimum absolute atomic E-state index is 0.164. The van der Waals surface area contributed by atoms with Crippen LogP contribution in [0.1, 0.15) is 27.3 Å². The van der Waals surface area contributed by atoms with Gasteiger partial charge in [0.25, 0.3) is 11.5 Å².